The summed E-state index contributed by atoms with van der Waals surface area (Å²) in [4.78, 5) is 11.5. The number of methoxy groups -OCH3 is 1. The summed E-state index contributed by atoms with van der Waals surface area (Å²) in [7, 11) is 1.32. The number of carbonyl (C=O) groups excluding carboxylic acids is 1. The maximum Gasteiger partial charge on any atom is 0.374 e. The van der Waals surface area contributed by atoms with Crippen molar-refractivity contribution in [3.63, 3.8) is 0 Å². The maximum absolute atomic E-state index is 11.5. The van der Waals surface area contributed by atoms with Crippen molar-refractivity contribution in [1.29, 1.82) is 0 Å². The highest BCUT2D eigenvalue weighted by Gasteiger charge is 2.16. The number of hydrogen-bond donors (Lipinski definition) is 1. The lowest BCUT2D eigenvalue weighted by Crippen LogP contribution is -2.07. The smallest absolute Gasteiger partial charge is 0.374 e. The summed E-state index contributed by atoms with van der Waals surface area (Å²) in [6.07, 6.45) is 1.47. The van der Waals surface area contributed by atoms with E-state index < -0.39 is 5.97 Å². The molecule has 0 spiro atoms. The number of nitrogens with one attached hydrogen (secondary N) is 1. The second-order valence-corrected chi connectivity index (χ2v) is 6.49. The van der Waals surface area contributed by atoms with Gasteiger partial charge in [-0.25, -0.2) is 4.79 Å². The lowest BCUT2D eigenvalue weighted by Gasteiger charge is -2.11. The Morgan fingerprint density at radius 3 is 2.55 bits per heavy atom. The zero-order valence-corrected chi connectivity index (χ0v) is 15.1. The summed E-state index contributed by atoms with van der Waals surface area (Å²) in [6, 6.07) is 5.60. The molecule has 7 heteroatoms. The van der Waals surface area contributed by atoms with Gasteiger partial charge in [-0.3, -0.25) is 0 Å². The Bertz CT molecular complexity index is 617. The fraction of sp³-hybridized carbons (Fsp3) is 0.154. The Kier molecular flexibility index (Phi) is 5.29. The molecule has 2 aromatic rings. The first-order chi connectivity index (χ1) is 9.52. The lowest BCUT2D eigenvalue weighted by molar-refractivity contribution is 0.0563. The summed E-state index contributed by atoms with van der Waals surface area (Å²) in [5.41, 5.74) is 1.63. The van der Waals surface area contributed by atoms with Crippen LogP contribution in [0.1, 0.15) is 16.1 Å². The average molecular weight is 468 g/mol. The predicted octanol–water partition coefficient (Wildman–Crippen LogP) is 4.97. The van der Waals surface area contributed by atoms with E-state index in [1.807, 2.05) is 12.1 Å². The van der Waals surface area contributed by atoms with Gasteiger partial charge in [0.15, 0.2) is 0 Å². The number of rotatable bonds is 4. The van der Waals surface area contributed by atoms with Gasteiger partial charge in [0.05, 0.1) is 19.1 Å². The Morgan fingerprint density at radius 1 is 1.30 bits per heavy atom. The first kappa shape index (κ1) is 15.6. The lowest BCUT2D eigenvalue weighted by atomic mass is 10.2. The van der Waals surface area contributed by atoms with E-state index in [-0.39, 0.29) is 5.76 Å². The van der Waals surface area contributed by atoms with Crippen molar-refractivity contribution >= 4 is 59.4 Å². The van der Waals surface area contributed by atoms with Gasteiger partial charge in [-0.05, 0) is 50.1 Å². The Labute approximate surface area is 141 Å². The minimum atomic E-state index is -0.485. The van der Waals surface area contributed by atoms with E-state index in [9.17, 15) is 4.79 Å². The molecule has 1 N–H and O–H groups in total. The molecule has 0 aliphatic heterocycles. The minimum Gasteiger partial charge on any atom is -0.463 e. The second kappa shape index (κ2) is 6.78. The first-order valence-electron chi connectivity index (χ1n) is 5.56. The van der Waals surface area contributed by atoms with Crippen LogP contribution in [0.3, 0.4) is 0 Å². The third kappa shape index (κ3) is 3.45. The molecule has 0 radical (unpaired) electrons. The minimum absolute atomic E-state index is 0.212. The standard InChI is InChI=1S/C13H10Br3NO3/c1-19-13(18)12-7(2-3-20-12)6-17-11-9(15)4-8(14)5-10(11)16/h2-5,17H,6H2,1H3. The molecule has 0 fully saturated rings. The van der Waals surface area contributed by atoms with Crippen molar-refractivity contribution in [2.24, 2.45) is 0 Å². The van der Waals surface area contributed by atoms with Crippen LogP contribution in [0.4, 0.5) is 5.69 Å². The maximum atomic E-state index is 11.5. The van der Waals surface area contributed by atoms with Gasteiger partial charge in [0.2, 0.25) is 5.76 Å². The largest absolute Gasteiger partial charge is 0.463 e. The predicted molar refractivity (Wildman–Crippen MR) is 86.9 cm³/mol. The second-order valence-electron chi connectivity index (χ2n) is 3.86. The van der Waals surface area contributed by atoms with Crippen LogP contribution in [0, 0.1) is 0 Å². The molecule has 1 aromatic carbocycles. The Morgan fingerprint density at radius 2 is 1.95 bits per heavy atom. The molecule has 4 nitrogen and oxygen atoms in total. The van der Waals surface area contributed by atoms with Crippen molar-refractivity contribution in [3.8, 4) is 0 Å². The van der Waals surface area contributed by atoms with Gasteiger partial charge >= 0.3 is 5.97 Å². The van der Waals surface area contributed by atoms with E-state index >= 15 is 0 Å². The van der Waals surface area contributed by atoms with E-state index in [0.29, 0.717) is 6.54 Å². The van der Waals surface area contributed by atoms with Crippen molar-refractivity contribution in [3.05, 3.63) is 49.2 Å². The van der Waals surface area contributed by atoms with Crippen LogP contribution in [-0.4, -0.2) is 13.1 Å². The number of anilines is 1. The monoisotopic (exact) mass is 465 g/mol. The summed E-state index contributed by atoms with van der Waals surface area (Å²) in [5.74, 6) is -0.273. The average Bonchev–Trinajstić information content (AvgIpc) is 2.85. The highest BCUT2D eigenvalue weighted by Crippen LogP contribution is 2.34. The molecule has 0 saturated carbocycles. The molecule has 0 amide bonds. The fourth-order valence-electron chi connectivity index (χ4n) is 1.64. The summed E-state index contributed by atoms with van der Waals surface area (Å²) >= 11 is 10.4. The van der Waals surface area contributed by atoms with E-state index in [1.54, 1.807) is 6.07 Å². The summed E-state index contributed by atoms with van der Waals surface area (Å²) < 4.78 is 12.6. The number of benzene rings is 1. The molecule has 0 atom stereocenters. The quantitative estimate of drug-likeness (QED) is 0.645. The fourth-order valence-corrected chi connectivity index (χ4v) is 4.18. The molecule has 106 valence electrons. The third-order valence-electron chi connectivity index (χ3n) is 2.58. The zero-order valence-electron chi connectivity index (χ0n) is 10.4. The number of carbonyl (C=O) groups is 1. The molecule has 0 aliphatic carbocycles. The third-order valence-corrected chi connectivity index (χ3v) is 4.29. The zero-order chi connectivity index (χ0) is 14.7. The van der Waals surface area contributed by atoms with Gasteiger partial charge in [-0.1, -0.05) is 15.9 Å². The van der Waals surface area contributed by atoms with Crippen molar-refractivity contribution in [2.75, 3.05) is 12.4 Å². The number of furan rings is 1. The molecule has 1 heterocycles. The molecule has 1 aromatic heterocycles. The van der Waals surface area contributed by atoms with Gasteiger partial charge in [-0.2, -0.15) is 0 Å². The molecule has 2 rings (SSSR count). The number of ether oxygens (including phenoxy) is 1. The SMILES string of the molecule is COC(=O)c1occc1CNc1c(Br)cc(Br)cc1Br. The first-order valence-corrected chi connectivity index (χ1v) is 7.94. The van der Waals surface area contributed by atoms with Crippen LogP contribution in [0.5, 0.6) is 0 Å². The van der Waals surface area contributed by atoms with E-state index in [1.165, 1.54) is 13.4 Å². The molecule has 20 heavy (non-hydrogen) atoms. The molecule has 0 unspecified atom stereocenters. The summed E-state index contributed by atoms with van der Waals surface area (Å²) in [5, 5.41) is 3.25. The van der Waals surface area contributed by atoms with E-state index in [4.69, 9.17) is 4.42 Å². The van der Waals surface area contributed by atoms with Gasteiger partial charge in [0.25, 0.3) is 0 Å². The van der Waals surface area contributed by atoms with Crippen LogP contribution >= 0.6 is 47.8 Å². The Hall–Kier alpha value is -0.790. The molecule has 0 bridgehead atoms. The van der Waals surface area contributed by atoms with Crippen LogP contribution in [0.15, 0.2) is 42.3 Å². The van der Waals surface area contributed by atoms with Crippen LogP contribution in [-0.2, 0) is 11.3 Å². The highest BCUT2D eigenvalue weighted by molar-refractivity contribution is 9.11. The van der Waals surface area contributed by atoms with Crippen molar-refractivity contribution in [2.45, 2.75) is 6.54 Å². The van der Waals surface area contributed by atoms with Gasteiger partial charge < -0.3 is 14.5 Å². The molecule has 0 aliphatic rings. The highest BCUT2D eigenvalue weighted by atomic mass is 79.9. The molecular weight excluding hydrogens is 458 g/mol. The van der Waals surface area contributed by atoms with E-state index in [0.717, 1.165) is 24.7 Å². The number of esters is 1. The van der Waals surface area contributed by atoms with Crippen molar-refractivity contribution < 1.29 is 13.9 Å². The van der Waals surface area contributed by atoms with Gasteiger partial charge in [0, 0.05) is 25.5 Å². The van der Waals surface area contributed by atoms with Crippen molar-refractivity contribution in [1.82, 2.24) is 0 Å². The van der Waals surface area contributed by atoms with Crippen LogP contribution < -0.4 is 5.32 Å². The topological polar surface area (TPSA) is 51.5 Å². The van der Waals surface area contributed by atoms with E-state index in [2.05, 4.69) is 57.8 Å². The number of hydrogen-bond acceptors (Lipinski definition) is 4. The molecular formula is C13H10Br3NO3. The van der Waals surface area contributed by atoms with Gasteiger partial charge in [0.1, 0.15) is 0 Å². The normalized spacial score (nSPS) is 10.4. The van der Waals surface area contributed by atoms with Gasteiger partial charge in [-0.15, -0.1) is 0 Å². The van der Waals surface area contributed by atoms with Crippen LogP contribution in [0.2, 0.25) is 0 Å². The number of halogens is 3. The Balaban J connectivity index is 2.18. The van der Waals surface area contributed by atoms with Crippen LogP contribution in [0.25, 0.3) is 0 Å². The molecule has 0 saturated heterocycles. The summed E-state index contributed by atoms with van der Waals surface area (Å²) in [6.45, 7) is 0.444.